The second-order valence-electron chi connectivity index (χ2n) is 4.79. The minimum absolute atomic E-state index is 0. The molecule has 0 fully saturated rings. The van der Waals surface area contributed by atoms with Gasteiger partial charge in [-0.25, -0.2) is 4.18 Å². The second-order valence-corrected chi connectivity index (χ2v) is 5.88. The molecule has 0 aromatic heterocycles. The topological polar surface area (TPSA) is 63.6 Å². The van der Waals surface area contributed by atoms with Gasteiger partial charge in [0.25, 0.3) is 0 Å². The molecule has 0 bridgehead atoms. The van der Waals surface area contributed by atoms with E-state index in [1.54, 1.807) is 0 Å². The van der Waals surface area contributed by atoms with Crippen LogP contribution in [0.15, 0.2) is 0 Å². The van der Waals surface area contributed by atoms with Crippen LogP contribution in [-0.2, 0) is 14.6 Å². The number of unbranched alkanes of at least 4 members (excludes halogenated alkanes) is 10. The first-order valence-corrected chi connectivity index (χ1v) is 8.54. The number of hydrogen-bond acceptors (Lipinski definition) is 3. The van der Waals surface area contributed by atoms with Gasteiger partial charge in [0.2, 0.25) is 0 Å². The molecule has 110 valence electrons. The largest absolute Gasteiger partial charge is 1.00 e. The van der Waals surface area contributed by atoms with Crippen LogP contribution < -0.4 is 29.6 Å². The summed E-state index contributed by atoms with van der Waals surface area (Å²) in [6.07, 6.45) is 13.3. The molecule has 0 saturated carbocycles. The Bertz CT molecular complexity index is 268. The summed E-state index contributed by atoms with van der Waals surface area (Å²) < 4.78 is 33.1. The first-order valence-electron chi connectivity index (χ1n) is 7.18. The normalized spacial score (nSPS) is 11.3. The number of hydrogen-bond donors (Lipinski definition) is 1. The van der Waals surface area contributed by atoms with Crippen molar-refractivity contribution in [3.63, 3.8) is 0 Å². The molecular formula is C13H28NaO4S+. The van der Waals surface area contributed by atoms with Gasteiger partial charge in [0.05, 0.1) is 6.61 Å². The molecule has 19 heavy (non-hydrogen) atoms. The van der Waals surface area contributed by atoms with E-state index in [9.17, 15) is 8.42 Å². The molecule has 0 aromatic carbocycles. The van der Waals surface area contributed by atoms with Gasteiger partial charge in [-0.05, 0) is 6.42 Å². The van der Waals surface area contributed by atoms with Gasteiger partial charge in [0.1, 0.15) is 0 Å². The summed E-state index contributed by atoms with van der Waals surface area (Å²) in [5.74, 6) is 0. The Hall–Kier alpha value is 0.870. The van der Waals surface area contributed by atoms with E-state index in [1.165, 1.54) is 51.4 Å². The first-order chi connectivity index (χ1) is 8.56. The van der Waals surface area contributed by atoms with Crippen LogP contribution in [0.5, 0.6) is 0 Å². The molecule has 0 heterocycles. The van der Waals surface area contributed by atoms with Crippen molar-refractivity contribution in [3.05, 3.63) is 0 Å². The van der Waals surface area contributed by atoms with E-state index in [4.69, 9.17) is 4.55 Å². The Morgan fingerprint density at radius 1 is 0.789 bits per heavy atom. The monoisotopic (exact) mass is 303 g/mol. The Morgan fingerprint density at radius 2 is 1.16 bits per heavy atom. The summed E-state index contributed by atoms with van der Waals surface area (Å²) in [5.41, 5.74) is 0. The predicted octanol–water partition coefficient (Wildman–Crippen LogP) is 1.12. The smallest absolute Gasteiger partial charge is 0.264 e. The molecule has 0 aliphatic heterocycles. The van der Waals surface area contributed by atoms with Gasteiger partial charge in [0, 0.05) is 0 Å². The molecule has 0 rings (SSSR count). The quantitative estimate of drug-likeness (QED) is 0.315. The van der Waals surface area contributed by atoms with Crippen molar-refractivity contribution < 1.29 is 46.7 Å². The van der Waals surface area contributed by atoms with E-state index in [2.05, 4.69) is 11.1 Å². The molecular weight excluding hydrogens is 275 g/mol. The van der Waals surface area contributed by atoms with Crippen molar-refractivity contribution in [2.45, 2.75) is 77.6 Å². The molecule has 0 radical (unpaired) electrons. The van der Waals surface area contributed by atoms with Crippen LogP contribution in [0.4, 0.5) is 0 Å². The average molecular weight is 303 g/mol. The summed E-state index contributed by atoms with van der Waals surface area (Å²) in [5, 5.41) is 0. The van der Waals surface area contributed by atoms with Crippen molar-refractivity contribution in [2.24, 2.45) is 0 Å². The zero-order chi connectivity index (χ0) is 13.7. The third kappa shape index (κ3) is 21.3. The molecule has 0 atom stereocenters. The Labute approximate surface area is 140 Å². The predicted molar refractivity (Wildman–Crippen MR) is 74.0 cm³/mol. The molecule has 0 aromatic rings. The maximum absolute atomic E-state index is 10.2. The van der Waals surface area contributed by atoms with Crippen molar-refractivity contribution in [2.75, 3.05) is 6.61 Å². The molecule has 0 aliphatic carbocycles. The van der Waals surface area contributed by atoms with E-state index in [1.807, 2.05) is 0 Å². The SMILES string of the molecule is CCCCCCCCCCCCCOS(=O)(=O)O.[Na+]. The Balaban J connectivity index is 0. The fraction of sp³-hybridized carbons (Fsp3) is 1.00. The van der Waals surface area contributed by atoms with E-state index < -0.39 is 10.4 Å². The summed E-state index contributed by atoms with van der Waals surface area (Å²) in [6, 6.07) is 0. The zero-order valence-electron chi connectivity index (χ0n) is 12.6. The van der Waals surface area contributed by atoms with Crippen LogP contribution in [0.3, 0.4) is 0 Å². The maximum Gasteiger partial charge on any atom is 1.00 e. The van der Waals surface area contributed by atoms with Crippen molar-refractivity contribution in [1.82, 2.24) is 0 Å². The molecule has 4 nitrogen and oxygen atoms in total. The standard InChI is InChI=1S/C13H28O4S.Na/c1-2-3-4-5-6-7-8-9-10-11-12-13-17-18(14,15)16;/h2-13H2,1H3,(H,14,15,16);/q;+1. The van der Waals surface area contributed by atoms with Crippen LogP contribution in [0.1, 0.15) is 77.6 Å². The summed E-state index contributed by atoms with van der Waals surface area (Å²) >= 11 is 0. The van der Waals surface area contributed by atoms with Crippen LogP contribution >= 0.6 is 0 Å². The van der Waals surface area contributed by atoms with Crippen LogP contribution in [0, 0.1) is 0 Å². The first kappa shape index (κ1) is 22.2. The third-order valence-corrected chi connectivity index (χ3v) is 3.44. The Morgan fingerprint density at radius 3 is 1.53 bits per heavy atom. The van der Waals surface area contributed by atoms with Crippen LogP contribution in [0.25, 0.3) is 0 Å². The minimum atomic E-state index is -4.24. The molecule has 6 heteroatoms. The van der Waals surface area contributed by atoms with Crippen molar-refractivity contribution >= 4 is 10.4 Å². The van der Waals surface area contributed by atoms with Gasteiger partial charge < -0.3 is 0 Å². The Kier molecular flexibility index (Phi) is 17.8. The fourth-order valence-corrected chi connectivity index (χ4v) is 2.26. The molecule has 0 aliphatic rings. The molecule has 0 unspecified atom stereocenters. The van der Waals surface area contributed by atoms with Gasteiger partial charge in [-0.3, -0.25) is 4.55 Å². The van der Waals surface area contributed by atoms with E-state index in [-0.39, 0.29) is 36.2 Å². The van der Waals surface area contributed by atoms with Crippen molar-refractivity contribution in [1.29, 1.82) is 0 Å². The second kappa shape index (κ2) is 15.3. The van der Waals surface area contributed by atoms with E-state index >= 15 is 0 Å². The molecule has 0 saturated heterocycles. The van der Waals surface area contributed by atoms with Gasteiger partial charge in [0.15, 0.2) is 0 Å². The van der Waals surface area contributed by atoms with Gasteiger partial charge in [-0.1, -0.05) is 71.1 Å². The van der Waals surface area contributed by atoms with Crippen LogP contribution in [0.2, 0.25) is 0 Å². The average Bonchev–Trinajstić information content (AvgIpc) is 2.29. The summed E-state index contributed by atoms with van der Waals surface area (Å²) in [6.45, 7) is 2.32. The summed E-state index contributed by atoms with van der Waals surface area (Å²) in [7, 11) is -4.24. The van der Waals surface area contributed by atoms with Gasteiger partial charge in [-0.15, -0.1) is 0 Å². The molecule has 1 N–H and O–H groups in total. The third-order valence-electron chi connectivity index (χ3n) is 2.98. The van der Waals surface area contributed by atoms with E-state index in [0.717, 1.165) is 12.8 Å². The van der Waals surface area contributed by atoms with Gasteiger partial charge >= 0.3 is 40.0 Å². The zero-order valence-corrected chi connectivity index (χ0v) is 15.4. The number of rotatable bonds is 13. The van der Waals surface area contributed by atoms with Crippen molar-refractivity contribution in [3.8, 4) is 0 Å². The summed E-state index contributed by atoms with van der Waals surface area (Å²) in [4.78, 5) is 0. The van der Waals surface area contributed by atoms with Crippen LogP contribution in [-0.4, -0.2) is 19.6 Å². The van der Waals surface area contributed by atoms with E-state index in [0.29, 0.717) is 6.42 Å². The van der Waals surface area contributed by atoms with Gasteiger partial charge in [-0.2, -0.15) is 8.42 Å². The molecule has 0 spiro atoms. The molecule has 0 amide bonds. The fourth-order valence-electron chi connectivity index (χ4n) is 1.93. The maximum atomic E-state index is 10.2. The minimum Gasteiger partial charge on any atom is -0.264 e.